The minimum atomic E-state index is -0.307. The van der Waals surface area contributed by atoms with Gasteiger partial charge >= 0.3 is 0 Å². The Morgan fingerprint density at radius 1 is 1.56 bits per heavy atom. The second kappa shape index (κ2) is 5.06. The molecule has 1 saturated heterocycles. The van der Waals surface area contributed by atoms with Crippen molar-refractivity contribution in [2.24, 2.45) is 11.7 Å². The third-order valence-electron chi connectivity index (χ3n) is 3.67. The van der Waals surface area contributed by atoms with Crippen LogP contribution in [0.25, 0.3) is 0 Å². The van der Waals surface area contributed by atoms with Crippen LogP contribution in [0.1, 0.15) is 29.3 Å². The number of amides is 1. The Bertz CT molecular complexity index is 461. The molecule has 0 bridgehead atoms. The molecular weight excluding hydrogens is 231 g/mol. The Balaban J connectivity index is 2.21. The van der Waals surface area contributed by atoms with E-state index in [9.17, 15) is 9.18 Å². The Labute approximate surface area is 107 Å². The minimum absolute atomic E-state index is 0.0176. The molecule has 0 aliphatic carbocycles. The number of rotatable bonds is 2. The molecule has 1 amide bonds. The van der Waals surface area contributed by atoms with E-state index in [0.717, 1.165) is 6.42 Å². The van der Waals surface area contributed by atoms with Gasteiger partial charge in [0.2, 0.25) is 0 Å². The molecule has 4 heteroatoms. The minimum Gasteiger partial charge on any atom is -0.336 e. The SMILES string of the molecule is Cc1cc(F)ccc1C(=O)N1CC(CN)CC1C. The highest BCUT2D eigenvalue weighted by Crippen LogP contribution is 2.25. The quantitative estimate of drug-likeness (QED) is 0.872. The van der Waals surface area contributed by atoms with Crippen LogP contribution in [0.2, 0.25) is 0 Å². The Morgan fingerprint density at radius 2 is 2.28 bits per heavy atom. The van der Waals surface area contributed by atoms with Crippen LogP contribution in [0.3, 0.4) is 0 Å². The van der Waals surface area contributed by atoms with Gasteiger partial charge in [-0.2, -0.15) is 0 Å². The third kappa shape index (κ3) is 2.38. The summed E-state index contributed by atoms with van der Waals surface area (Å²) in [7, 11) is 0. The van der Waals surface area contributed by atoms with Gasteiger partial charge in [0.1, 0.15) is 5.82 Å². The van der Waals surface area contributed by atoms with E-state index in [1.54, 1.807) is 13.0 Å². The zero-order chi connectivity index (χ0) is 13.3. The van der Waals surface area contributed by atoms with Gasteiger partial charge in [-0.3, -0.25) is 4.79 Å². The van der Waals surface area contributed by atoms with E-state index in [1.807, 2.05) is 11.8 Å². The van der Waals surface area contributed by atoms with Crippen molar-refractivity contribution in [3.8, 4) is 0 Å². The number of likely N-dealkylation sites (tertiary alicyclic amines) is 1. The number of carbonyl (C=O) groups is 1. The van der Waals surface area contributed by atoms with Gasteiger partial charge in [-0.1, -0.05) is 0 Å². The van der Waals surface area contributed by atoms with Crippen molar-refractivity contribution in [3.05, 3.63) is 35.1 Å². The molecule has 18 heavy (non-hydrogen) atoms. The summed E-state index contributed by atoms with van der Waals surface area (Å²) in [6.07, 6.45) is 0.947. The Morgan fingerprint density at radius 3 is 2.83 bits per heavy atom. The van der Waals surface area contributed by atoms with Gasteiger partial charge in [-0.15, -0.1) is 0 Å². The molecule has 2 unspecified atom stereocenters. The summed E-state index contributed by atoms with van der Waals surface area (Å²) >= 11 is 0. The fourth-order valence-corrected chi connectivity index (χ4v) is 2.62. The number of nitrogens with two attached hydrogens (primary N) is 1. The summed E-state index contributed by atoms with van der Waals surface area (Å²) in [6, 6.07) is 4.50. The van der Waals surface area contributed by atoms with E-state index in [0.29, 0.717) is 30.1 Å². The van der Waals surface area contributed by atoms with Crippen LogP contribution in [0.4, 0.5) is 4.39 Å². The normalized spacial score (nSPS) is 23.4. The topological polar surface area (TPSA) is 46.3 Å². The van der Waals surface area contributed by atoms with Gasteiger partial charge in [0.25, 0.3) is 5.91 Å². The molecule has 1 aromatic rings. The predicted octanol–water partition coefficient (Wildman–Crippen LogP) is 1.94. The maximum atomic E-state index is 13.0. The van der Waals surface area contributed by atoms with Gasteiger partial charge in [0.05, 0.1) is 0 Å². The Hall–Kier alpha value is -1.42. The highest BCUT2D eigenvalue weighted by atomic mass is 19.1. The number of nitrogens with zero attached hydrogens (tertiary/aromatic N) is 1. The molecular formula is C14H19FN2O. The van der Waals surface area contributed by atoms with Crippen LogP contribution < -0.4 is 5.73 Å². The molecule has 1 aliphatic heterocycles. The van der Waals surface area contributed by atoms with Crippen molar-refractivity contribution in [3.63, 3.8) is 0 Å². The van der Waals surface area contributed by atoms with Crippen LogP contribution in [-0.2, 0) is 0 Å². The van der Waals surface area contributed by atoms with Gasteiger partial charge in [-0.25, -0.2) is 4.39 Å². The van der Waals surface area contributed by atoms with Crippen molar-refractivity contribution < 1.29 is 9.18 Å². The fraction of sp³-hybridized carbons (Fsp3) is 0.500. The zero-order valence-corrected chi connectivity index (χ0v) is 10.8. The second-order valence-electron chi connectivity index (χ2n) is 5.10. The van der Waals surface area contributed by atoms with Gasteiger partial charge < -0.3 is 10.6 Å². The second-order valence-corrected chi connectivity index (χ2v) is 5.10. The van der Waals surface area contributed by atoms with Gasteiger partial charge in [0, 0.05) is 18.2 Å². The first-order valence-electron chi connectivity index (χ1n) is 6.30. The van der Waals surface area contributed by atoms with Crippen LogP contribution in [-0.4, -0.2) is 29.9 Å². The van der Waals surface area contributed by atoms with Gasteiger partial charge in [0.15, 0.2) is 0 Å². The van der Waals surface area contributed by atoms with Crippen LogP contribution in [0, 0.1) is 18.7 Å². The van der Waals surface area contributed by atoms with E-state index >= 15 is 0 Å². The molecule has 1 aromatic carbocycles. The molecule has 2 rings (SSSR count). The van der Waals surface area contributed by atoms with Crippen molar-refractivity contribution in [2.45, 2.75) is 26.3 Å². The average molecular weight is 250 g/mol. The molecule has 0 saturated carbocycles. The number of aryl methyl sites for hydroxylation is 1. The molecule has 2 atom stereocenters. The van der Waals surface area contributed by atoms with Gasteiger partial charge in [-0.05, 0) is 56.5 Å². The maximum Gasteiger partial charge on any atom is 0.254 e. The summed E-state index contributed by atoms with van der Waals surface area (Å²) in [5.74, 6) is 0.0546. The fourth-order valence-electron chi connectivity index (χ4n) is 2.62. The average Bonchev–Trinajstić information content (AvgIpc) is 2.70. The predicted molar refractivity (Wildman–Crippen MR) is 68.8 cm³/mol. The van der Waals surface area contributed by atoms with Crippen LogP contribution in [0.15, 0.2) is 18.2 Å². The highest BCUT2D eigenvalue weighted by Gasteiger charge is 2.32. The van der Waals surface area contributed by atoms with Crippen molar-refractivity contribution >= 4 is 5.91 Å². The van der Waals surface area contributed by atoms with Crippen LogP contribution in [0.5, 0.6) is 0 Å². The highest BCUT2D eigenvalue weighted by molar-refractivity contribution is 5.96. The van der Waals surface area contributed by atoms with E-state index in [-0.39, 0.29) is 17.8 Å². The molecule has 1 fully saturated rings. The number of benzene rings is 1. The lowest BCUT2D eigenvalue weighted by Crippen LogP contribution is -2.34. The molecule has 0 spiro atoms. The van der Waals surface area contributed by atoms with Crippen molar-refractivity contribution in [1.29, 1.82) is 0 Å². The lowest BCUT2D eigenvalue weighted by molar-refractivity contribution is 0.0742. The molecule has 2 N–H and O–H groups in total. The third-order valence-corrected chi connectivity index (χ3v) is 3.67. The number of carbonyl (C=O) groups excluding carboxylic acids is 1. The summed E-state index contributed by atoms with van der Waals surface area (Å²) in [4.78, 5) is 14.3. The first kappa shape index (κ1) is 13.0. The molecule has 1 heterocycles. The van der Waals surface area contributed by atoms with E-state index in [1.165, 1.54) is 12.1 Å². The van der Waals surface area contributed by atoms with E-state index in [2.05, 4.69) is 0 Å². The summed E-state index contributed by atoms with van der Waals surface area (Å²) in [5.41, 5.74) is 6.93. The van der Waals surface area contributed by atoms with Crippen molar-refractivity contribution in [1.82, 2.24) is 4.90 Å². The van der Waals surface area contributed by atoms with Crippen molar-refractivity contribution in [2.75, 3.05) is 13.1 Å². The standard InChI is InChI=1S/C14H19FN2O/c1-9-5-12(15)3-4-13(9)14(18)17-8-11(7-16)6-10(17)2/h3-5,10-11H,6-8,16H2,1-2H3. The molecule has 0 radical (unpaired) electrons. The number of hydrogen-bond donors (Lipinski definition) is 1. The maximum absolute atomic E-state index is 13.0. The van der Waals surface area contributed by atoms with Crippen LogP contribution >= 0.6 is 0 Å². The summed E-state index contributed by atoms with van der Waals surface area (Å²) < 4.78 is 13.0. The zero-order valence-electron chi connectivity index (χ0n) is 10.8. The monoisotopic (exact) mass is 250 g/mol. The first-order valence-corrected chi connectivity index (χ1v) is 6.30. The summed E-state index contributed by atoms with van der Waals surface area (Å²) in [6.45, 7) is 5.10. The number of halogens is 1. The van der Waals surface area contributed by atoms with E-state index < -0.39 is 0 Å². The lowest BCUT2D eigenvalue weighted by Gasteiger charge is -2.22. The molecule has 0 aromatic heterocycles. The number of hydrogen-bond acceptors (Lipinski definition) is 2. The smallest absolute Gasteiger partial charge is 0.254 e. The largest absolute Gasteiger partial charge is 0.336 e. The molecule has 98 valence electrons. The summed E-state index contributed by atoms with van der Waals surface area (Å²) in [5, 5.41) is 0. The Kier molecular flexibility index (Phi) is 3.66. The molecule has 1 aliphatic rings. The first-order chi connectivity index (χ1) is 8.52. The van der Waals surface area contributed by atoms with E-state index in [4.69, 9.17) is 5.73 Å². The molecule has 3 nitrogen and oxygen atoms in total. The lowest BCUT2D eigenvalue weighted by atomic mass is 10.1.